The molecule has 1 N–H and O–H groups in total. The van der Waals surface area contributed by atoms with Crippen LogP contribution >= 0.6 is 0 Å². The maximum absolute atomic E-state index is 12.9. The van der Waals surface area contributed by atoms with E-state index in [1.165, 1.54) is 24.3 Å². The molecule has 1 saturated heterocycles. The fourth-order valence-corrected chi connectivity index (χ4v) is 2.38. The fraction of sp³-hybridized carbons (Fsp3) is 0.500. The van der Waals surface area contributed by atoms with E-state index in [0.717, 1.165) is 6.42 Å². The van der Waals surface area contributed by atoms with Crippen molar-refractivity contribution in [3.63, 3.8) is 0 Å². The molecule has 0 aromatic heterocycles. The highest BCUT2D eigenvalue weighted by Crippen LogP contribution is 2.07. The number of amides is 2. The summed E-state index contributed by atoms with van der Waals surface area (Å²) in [6, 6.07) is 5.57. The van der Waals surface area contributed by atoms with Gasteiger partial charge < -0.3 is 10.2 Å². The summed E-state index contributed by atoms with van der Waals surface area (Å²) >= 11 is 0. The fourth-order valence-electron chi connectivity index (χ4n) is 2.38. The van der Waals surface area contributed by atoms with Gasteiger partial charge in [-0.25, -0.2) is 9.18 Å². The Labute approximate surface area is 130 Å². The van der Waals surface area contributed by atoms with Gasteiger partial charge in [-0.2, -0.15) is 0 Å². The number of piperazine rings is 1. The van der Waals surface area contributed by atoms with Crippen LogP contribution in [-0.4, -0.2) is 60.9 Å². The maximum Gasteiger partial charge on any atom is 0.317 e. The SMILES string of the molecule is CCCNC(=O)N1CCN(CC(=O)c2ccc(F)cc2)CC1. The molecular weight excluding hydrogens is 285 g/mol. The summed E-state index contributed by atoms with van der Waals surface area (Å²) in [5, 5.41) is 2.85. The van der Waals surface area contributed by atoms with Crippen molar-refractivity contribution >= 4 is 11.8 Å². The Morgan fingerprint density at radius 1 is 1.14 bits per heavy atom. The number of hydrogen-bond acceptors (Lipinski definition) is 3. The molecule has 0 aliphatic carbocycles. The molecule has 5 nitrogen and oxygen atoms in total. The summed E-state index contributed by atoms with van der Waals surface area (Å²) in [6.07, 6.45) is 0.915. The highest BCUT2D eigenvalue weighted by molar-refractivity contribution is 5.97. The van der Waals surface area contributed by atoms with Crippen LogP contribution < -0.4 is 5.32 Å². The lowest BCUT2D eigenvalue weighted by Crippen LogP contribution is -2.52. The Balaban J connectivity index is 1.78. The number of nitrogens with zero attached hydrogens (tertiary/aromatic N) is 2. The van der Waals surface area contributed by atoms with Gasteiger partial charge in [0.25, 0.3) is 0 Å². The zero-order valence-corrected chi connectivity index (χ0v) is 12.8. The predicted octanol–water partition coefficient (Wildman–Crippen LogP) is 1.75. The Morgan fingerprint density at radius 2 is 1.77 bits per heavy atom. The molecule has 22 heavy (non-hydrogen) atoms. The van der Waals surface area contributed by atoms with Gasteiger partial charge in [-0.3, -0.25) is 9.69 Å². The molecule has 0 spiro atoms. The molecule has 0 radical (unpaired) electrons. The van der Waals surface area contributed by atoms with Gasteiger partial charge in [-0.1, -0.05) is 6.92 Å². The molecule has 2 amide bonds. The molecule has 1 fully saturated rings. The van der Waals surface area contributed by atoms with Gasteiger partial charge in [-0.15, -0.1) is 0 Å². The van der Waals surface area contributed by atoms with E-state index < -0.39 is 0 Å². The van der Waals surface area contributed by atoms with Gasteiger partial charge in [0.1, 0.15) is 5.82 Å². The summed E-state index contributed by atoms with van der Waals surface area (Å²) in [5.41, 5.74) is 0.518. The van der Waals surface area contributed by atoms with Crippen molar-refractivity contribution in [1.82, 2.24) is 15.1 Å². The van der Waals surface area contributed by atoms with E-state index in [0.29, 0.717) is 44.8 Å². The summed E-state index contributed by atoms with van der Waals surface area (Å²) in [4.78, 5) is 27.8. The van der Waals surface area contributed by atoms with Crippen LogP contribution in [0.1, 0.15) is 23.7 Å². The zero-order valence-electron chi connectivity index (χ0n) is 12.8. The van der Waals surface area contributed by atoms with Crippen LogP contribution in [0.25, 0.3) is 0 Å². The second-order valence-electron chi connectivity index (χ2n) is 5.43. The number of nitrogens with one attached hydrogen (secondary N) is 1. The molecule has 0 atom stereocenters. The average Bonchev–Trinajstić information content (AvgIpc) is 2.54. The van der Waals surface area contributed by atoms with Crippen LogP contribution in [0, 0.1) is 5.82 Å². The zero-order chi connectivity index (χ0) is 15.9. The number of urea groups is 1. The standard InChI is InChI=1S/C16H22FN3O2/c1-2-7-18-16(22)20-10-8-19(9-11-20)12-15(21)13-3-5-14(17)6-4-13/h3-6H,2,7-12H2,1H3,(H,18,22). The molecule has 1 aliphatic heterocycles. The van der Waals surface area contributed by atoms with E-state index >= 15 is 0 Å². The molecule has 0 unspecified atom stereocenters. The highest BCUT2D eigenvalue weighted by Gasteiger charge is 2.22. The Hall–Kier alpha value is -1.95. The van der Waals surface area contributed by atoms with Crippen LogP contribution in [0.4, 0.5) is 9.18 Å². The monoisotopic (exact) mass is 307 g/mol. The number of hydrogen-bond donors (Lipinski definition) is 1. The first-order valence-corrected chi connectivity index (χ1v) is 7.64. The van der Waals surface area contributed by atoms with Crippen LogP contribution in [0.5, 0.6) is 0 Å². The van der Waals surface area contributed by atoms with E-state index in [1.54, 1.807) is 4.90 Å². The van der Waals surface area contributed by atoms with E-state index in [-0.39, 0.29) is 17.6 Å². The second kappa shape index (κ2) is 7.89. The van der Waals surface area contributed by atoms with Gasteiger partial charge in [0.05, 0.1) is 6.54 Å². The van der Waals surface area contributed by atoms with Gasteiger partial charge in [-0.05, 0) is 30.7 Å². The van der Waals surface area contributed by atoms with Gasteiger partial charge in [0, 0.05) is 38.3 Å². The topological polar surface area (TPSA) is 52.7 Å². The minimum Gasteiger partial charge on any atom is -0.338 e. The first-order chi connectivity index (χ1) is 10.6. The lowest BCUT2D eigenvalue weighted by atomic mass is 10.1. The Bertz CT molecular complexity index is 511. The highest BCUT2D eigenvalue weighted by atomic mass is 19.1. The molecule has 6 heteroatoms. The van der Waals surface area contributed by atoms with Crippen molar-refractivity contribution in [1.29, 1.82) is 0 Å². The van der Waals surface area contributed by atoms with Gasteiger partial charge in [0.2, 0.25) is 0 Å². The van der Waals surface area contributed by atoms with E-state index in [1.807, 2.05) is 11.8 Å². The largest absolute Gasteiger partial charge is 0.338 e. The maximum atomic E-state index is 12.9. The van der Waals surface area contributed by atoms with Crippen LogP contribution in [-0.2, 0) is 0 Å². The molecule has 0 saturated carbocycles. The first kappa shape index (κ1) is 16.4. The van der Waals surface area contributed by atoms with Gasteiger partial charge in [0.15, 0.2) is 5.78 Å². The lowest BCUT2D eigenvalue weighted by molar-refractivity contribution is 0.0878. The van der Waals surface area contributed by atoms with E-state index in [9.17, 15) is 14.0 Å². The minimum atomic E-state index is -0.344. The van der Waals surface area contributed by atoms with E-state index in [2.05, 4.69) is 5.32 Å². The molecule has 1 aromatic carbocycles. The van der Waals surface area contributed by atoms with Crippen LogP contribution in [0.3, 0.4) is 0 Å². The number of halogens is 1. The molecule has 1 aliphatic rings. The van der Waals surface area contributed by atoms with Crippen molar-refractivity contribution in [2.24, 2.45) is 0 Å². The van der Waals surface area contributed by atoms with E-state index in [4.69, 9.17) is 0 Å². The Morgan fingerprint density at radius 3 is 2.36 bits per heavy atom. The van der Waals surface area contributed by atoms with Crippen molar-refractivity contribution in [2.75, 3.05) is 39.3 Å². The number of carbonyl (C=O) groups is 2. The average molecular weight is 307 g/mol. The third-order valence-corrected chi connectivity index (χ3v) is 3.72. The molecule has 2 rings (SSSR count). The van der Waals surface area contributed by atoms with Crippen LogP contribution in [0.2, 0.25) is 0 Å². The minimum absolute atomic E-state index is 0.0242. The normalized spacial score (nSPS) is 15.6. The first-order valence-electron chi connectivity index (χ1n) is 7.64. The third kappa shape index (κ3) is 4.53. The lowest BCUT2D eigenvalue weighted by Gasteiger charge is -2.34. The summed E-state index contributed by atoms with van der Waals surface area (Å²) < 4.78 is 12.9. The van der Waals surface area contributed by atoms with Crippen molar-refractivity contribution in [3.8, 4) is 0 Å². The molecule has 1 aromatic rings. The number of carbonyl (C=O) groups excluding carboxylic acids is 2. The number of Topliss-reactive ketones (excluding diaryl/α,β-unsaturated/α-hetero) is 1. The molecular formula is C16H22FN3O2. The molecule has 120 valence electrons. The quantitative estimate of drug-likeness (QED) is 0.843. The Kier molecular flexibility index (Phi) is 5.89. The van der Waals surface area contributed by atoms with Crippen molar-refractivity contribution in [3.05, 3.63) is 35.6 Å². The number of rotatable bonds is 5. The van der Waals surface area contributed by atoms with Crippen molar-refractivity contribution in [2.45, 2.75) is 13.3 Å². The predicted molar refractivity (Wildman–Crippen MR) is 82.4 cm³/mol. The third-order valence-electron chi connectivity index (χ3n) is 3.72. The van der Waals surface area contributed by atoms with Gasteiger partial charge >= 0.3 is 6.03 Å². The summed E-state index contributed by atoms with van der Waals surface area (Å²) in [7, 11) is 0. The smallest absolute Gasteiger partial charge is 0.317 e. The molecule has 1 heterocycles. The summed E-state index contributed by atoms with van der Waals surface area (Å²) in [6.45, 7) is 5.58. The van der Waals surface area contributed by atoms with Crippen LogP contribution in [0.15, 0.2) is 24.3 Å². The number of ketones is 1. The second-order valence-corrected chi connectivity index (χ2v) is 5.43. The number of benzene rings is 1. The molecule has 0 bridgehead atoms. The summed E-state index contributed by atoms with van der Waals surface area (Å²) in [5.74, 6) is -0.368. The van der Waals surface area contributed by atoms with Crippen molar-refractivity contribution < 1.29 is 14.0 Å².